The lowest BCUT2D eigenvalue weighted by atomic mass is 10.1. The van der Waals surface area contributed by atoms with Crippen molar-refractivity contribution >= 4 is 6.09 Å². The molecule has 0 bridgehead atoms. The zero-order valence-electron chi connectivity index (χ0n) is 11.0. The van der Waals surface area contributed by atoms with Crippen molar-refractivity contribution < 1.29 is 14.6 Å². The molecule has 6 nitrogen and oxygen atoms in total. The molecule has 0 unspecified atom stereocenters. The van der Waals surface area contributed by atoms with Crippen LogP contribution < -0.4 is 0 Å². The number of aromatic amines is 1. The van der Waals surface area contributed by atoms with E-state index in [4.69, 9.17) is 9.84 Å². The molecular formula is C12H19N3O3. The van der Waals surface area contributed by atoms with Crippen molar-refractivity contribution in [2.45, 2.75) is 45.9 Å². The Hall–Kier alpha value is -1.56. The normalized spacial score (nSPS) is 15.4. The fourth-order valence-corrected chi connectivity index (χ4v) is 1.91. The maximum absolute atomic E-state index is 11.9. The molecule has 2 N–H and O–H groups in total. The average molecular weight is 253 g/mol. The predicted molar refractivity (Wildman–Crippen MR) is 64.9 cm³/mol. The summed E-state index contributed by atoms with van der Waals surface area (Å²) in [6.07, 6.45) is 0.374. The van der Waals surface area contributed by atoms with Crippen LogP contribution in [0.3, 0.4) is 0 Å². The lowest BCUT2D eigenvalue weighted by molar-refractivity contribution is 0.0221. The summed E-state index contributed by atoms with van der Waals surface area (Å²) in [6.45, 7) is 6.48. The van der Waals surface area contributed by atoms with Crippen LogP contribution in [0.4, 0.5) is 4.79 Å². The van der Waals surface area contributed by atoms with Gasteiger partial charge in [-0.1, -0.05) is 0 Å². The second-order valence-corrected chi connectivity index (χ2v) is 5.42. The van der Waals surface area contributed by atoms with Crippen LogP contribution in [0.5, 0.6) is 0 Å². The Bertz CT molecular complexity index is 448. The van der Waals surface area contributed by atoms with Crippen molar-refractivity contribution in [2.75, 3.05) is 6.54 Å². The Labute approximate surface area is 106 Å². The van der Waals surface area contributed by atoms with Gasteiger partial charge < -0.3 is 19.7 Å². The quantitative estimate of drug-likeness (QED) is 0.788. The molecule has 18 heavy (non-hydrogen) atoms. The number of fused-ring (bicyclic) bond motifs is 1. The molecule has 0 aromatic carbocycles. The fraction of sp³-hybridized carbons (Fsp3) is 0.667. The molecule has 0 saturated heterocycles. The molecule has 1 aromatic heterocycles. The molecule has 1 aromatic rings. The second-order valence-electron chi connectivity index (χ2n) is 5.42. The maximum Gasteiger partial charge on any atom is 0.410 e. The van der Waals surface area contributed by atoms with Crippen LogP contribution >= 0.6 is 0 Å². The summed E-state index contributed by atoms with van der Waals surface area (Å²) >= 11 is 0. The molecule has 100 valence electrons. The first-order valence-corrected chi connectivity index (χ1v) is 6.04. The van der Waals surface area contributed by atoms with Gasteiger partial charge in [-0.3, -0.25) is 0 Å². The van der Waals surface area contributed by atoms with Gasteiger partial charge in [0.2, 0.25) is 0 Å². The third-order valence-electron chi connectivity index (χ3n) is 2.68. The molecule has 6 heteroatoms. The molecule has 0 radical (unpaired) electrons. The summed E-state index contributed by atoms with van der Waals surface area (Å²) in [5, 5.41) is 9.02. The minimum absolute atomic E-state index is 0.112. The maximum atomic E-state index is 11.9. The highest BCUT2D eigenvalue weighted by Gasteiger charge is 2.27. The smallest absolute Gasteiger partial charge is 0.410 e. The van der Waals surface area contributed by atoms with Crippen molar-refractivity contribution in [3.05, 3.63) is 17.2 Å². The van der Waals surface area contributed by atoms with Crippen LogP contribution in [0.1, 0.15) is 38.0 Å². The zero-order valence-corrected chi connectivity index (χ0v) is 11.0. The molecular weight excluding hydrogens is 234 g/mol. The standard InChI is InChI=1S/C12H19N3O3/c1-12(2,3)18-11(17)15-5-4-8-9(6-15)14-10(7-16)13-8/h16H,4-7H2,1-3H3,(H,13,14). The van der Waals surface area contributed by atoms with Crippen LogP contribution in [-0.4, -0.2) is 38.2 Å². The van der Waals surface area contributed by atoms with E-state index in [1.807, 2.05) is 20.8 Å². The van der Waals surface area contributed by atoms with Crippen molar-refractivity contribution in [1.82, 2.24) is 14.9 Å². The number of rotatable bonds is 1. The number of aliphatic hydroxyl groups is 1. The number of amides is 1. The van der Waals surface area contributed by atoms with Crippen molar-refractivity contribution in [2.24, 2.45) is 0 Å². The van der Waals surface area contributed by atoms with E-state index >= 15 is 0 Å². The number of H-pyrrole nitrogens is 1. The number of hydrogen-bond acceptors (Lipinski definition) is 4. The number of carbonyl (C=O) groups excluding carboxylic acids is 1. The van der Waals surface area contributed by atoms with Crippen molar-refractivity contribution in [1.29, 1.82) is 0 Å². The Morgan fingerprint density at radius 3 is 2.89 bits per heavy atom. The number of aliphatic hydroxyl groups excluding tert-OH is 1. The van der Waals surface area contributed by atoms with Gasteiger partial charge in [-0.2, -0.15) is 0 Å². The molecule has 0 saturated carbocycles. The third-order valence-corrected chi connectivity index (χ3v) is 2.68. The molecule has 1 aliphatic rings. The number of nitrogens with zero attached hydrogens (tertiary/aromatic N) is 2. The summed E-state index contributed by atoms with van der Waals surface area (Å²) in [4.78, 5) is 20.8. The highest BCUT2D eigenvalue weighted by Crippen LogP contribution is 2.19. The largest absolute Gasteiger partial charge is 0.444 e. The van der Waals surface area contributed by atoms with Crippen molar-refractivity contribution in [3.63, 3.8) is 0 Å². The number of carbonyl (C=O) groups is 1. The highest BCUT2D eigenvalue weighted by molar-refractivity contribution is 5.68. The average Bonchev–Trinajstić information content (AvgIpc) is 2.68. The molecule has 2 rings (SSSR count). The van der Waals surface area contributed by atoms with E-state index in [9.17, 15) is 4.79 Å². The van der Waals surface area contributed by atoms with Gasteiger partial charge in [-0.15, -0.1) is 0 Å². The van der Waals surface area contributed by atoms with E-state index in [1.165, 1.54) is 0 Å². The second kappa shape index (κ2) is 4.61. The van der Waals surface area contributed by atoms with Gasteiger partial charge in [-0.25, -0.2) is 9.78 Å². The van der Waals surface area contributed by atoms with Gasteiger partial charge in [0, 0.05) is 13.0 Å². The molecule has 0 aliphatic carbocycles. The minimum atomic E-state index is -0.485. The van der Waals surface area contributed by atoms with E-state index in [2.05, 4.69) is 9.97 Å². The first kappa shape index (κ1) is 12.9. The van der Waals surface area contributed by atoms with Gasteiger partial charge in [0.05, 0.1) is 17.9 Å². The predicted octanol–water partition coefficient (Wildman–Crippen LogP) is 1.20. The van der Waals surface area contributed by atoms with Crippen LogP contribution in [0.25, 0.3) is 0 Å². The van der Waals surface area contributed by atoms with E-state index in [0.717, 1.165) is 11.4 Å². The van der Waals surface area contributed by atoms with E-state index in [1.54, 1.807) is 4.90 Å². The van der Waals surface area contributed by atoms with Crippen LogP contribution in [0.2, 0.25) is 0 Å². The SMILES string of the molecule is CC(C)(C)OC(=O)N1CCc2nc(CO)[nH]c2C1. The number of ether oxygens (including phenoxy) is 1. The molecule has 0 atom stereocenters. The lowest BCUT2D eigenvalue weighted by Gasteiger charge is -2.29. The summed E-state index contributed by atoms with van der Waals surface area (Å²) in [5.74, 6) is 0.547. The number of hydrogen-bond donors (Lipinski definition) is 2. The lowest BCUT2D eigenvalue weighted by Crippen LogP contribution is -2.39. The van der Waals surface area contributed by atoms with Gasteiger partial charge >= 0.3 is 6.09 Å². The summed E-state index contributed by atoms with van der Waals surface area (Å²) in [6, 6.07) is 0. The summed E-state index contributed by atoms with van der Waals surface area (Å²) < 4.78 is 5.33. The van der Waals surface area contributed by atoms with Gasteiger partial charge in [0.25, 0.3) is 0 Å². The monoisotopic (exact) mass is 253 g/mol. The zero-order chi connectivity index (χ0) is 13.3. The molecule has 0 fully saturated rings. The fourth-order valence-electron chi connectivity index (χ4n) is 1.91. The van der Waals surface area contributed by atoms with Crippen LogP contribution in [0, 0.1) is 0 Å². The molecule has 2 heterocycles. The number of nitrogens with one attached hydrogen (secondary N) is 1. The van der Waals surface area contributed by atoms with Gasteiger partial charge in [0.15, 0.2) is 0 Å². The molecule has 0 spiro atoms. The molecule has 1 aliphatic heterocycles. The van der Waals surface area contributed by atoms with Crippen molar-refractivity contribution in [3.8, 4) is 0 Å². The van der Waals surface area contributed by atoms with Gasteiger partial charge in [-0.05, 0) is 20.8 Å². The first-order valence-electron chi connectivity index (χ1n) is 6.04. The third kappa shape index (κ3) is 2.81. The minimum Gasteiger partial charge on any atom is -0.444 e. The van der Waals surface area contributed by atoms with Gasteiger partial charge in [0.1, 0.15) is 18.0 Å². The topological polar surface area (TPSA) is 78.4 Å². The van der Waals surface area contributed by atoms with E-state index in [0.29, 0.717) is 25.3 Å². The molecule has 1 amide bonds. The van der Waals surface area contributed by atoms with E-state index in [-0.39, 0.29) is 12.7 Å². The summed E-state index contributed by atoms with van der Waals surface area (Å²) in [5.41, 5.74) is 1.33. The summed E-state index contributed by atoms with van der Waals surface area (Å²) in [7, 11) is 0. The number of imidazole rings is 1. The van der Waals surface area contributed by atoms with Crippen LogP contribution in [-0.2, 0) is 24.3 Å². The van der Waals surface area contributed by atoms with E-state index < -0.39 is 5.60 Å². The number of aromatic nitrogens is 2. The first-order chi connectivity index (χ1) is 8.39. The highest BCUT2D eigenvalue weighted by atomic mass is 16.6. The Balaban J connectivity index is 2.05. The Morgan fingerprint density at radius 2 is 2.28 bits per heavy atom. The van der Waals surface area contributed by atoms with Crippen LogP contribution in [0.15, 0.2) is 0 Å². The Kier molecular flexibility index (Phi) is 3.30. The Morgan fingerprint density at radius 1 is 1.56 bits per heavy atom.